The molecule has 2 aliphatic rings. The van der Waals surface area contributed by atoms with Crippen LogP contribution < -0.4 is 10.9 Å². The average Bonchev–Trinajstić information content (AvgIpc) is 3.55. The third kappa shape index (κ3) is 4.13. The Morgan fingerprint density at radius 3 is 2.61 bits per heavy atom. The zero-order chi connectivity index (χ0) is 19.5. The van der Waals surface area contributed by atoms with Gasteiger partial charge in [0.2, 0.25) is 11.8 Å². The second-order valence-electron chi connectivity index (χ2n) is 7.45. The number of carbonyl (C=O) groups is 2. The van der Waals surface area contributed by atoms with Crippen LogP contribution in [0.5, 0.6) is 0 Å². The summed E-state index contributed by atoms with van der Waals surface area (Å²) < 4.78 is 1.38. The second kappa shape index (κ2) is 7.96. The van der Waals surface area contributed by atoms with Gasteiger partial charge in [0, 0.05) is 37.2 Å². The van der Waals surface area contributed by atoms with Crippen molar-refractivity contribution >= 4 is 11.8 Å². The van der Waals surface area contributed by atoms with Crippen molar-refractivity contribution < 1.29 is 9.59 Å². The number of hydrogen-bond donors (Lipinski definition) is 1. The molecule has 7 heteroatoms. The summed E-state index contributed by atoms with van der Waals surface area (Å²) >= 11 is 0. The Kier molecular flexibility index (Phi) is 5.23. The van der Waals surface area contributed by atoms with Crippen LogP contribution in [0.1, 0.15) is 25.7 Å². The van der Waals surface area contributed by atoms with Crippen molar-refractivity contribution in [3.8, 4) is 11.3 Å². The molecule has 1 saturated heterocycles. The summed E-state index contributed by atoms with van der Waals surface area (Å²) in [5, 5.41) is 7.31. The molecule has 0 spiro atoms. The Hall–Kier alpha value is -2.96. The quantitative estimate of drug-likeness (QED) is 0.822. The molecular formula is C21H24N4O3. The third-order valence-electron chi connectivity index (χ3n) is 5.36. The zero-order valence-corrected chi connectivity index (χ0v) is 15.7. The molecule has 1 aromatic carbocycles. The van der Waals surface area contributed by atoms with Gasteiger partial charge in [0.15, 0.2) is 0 Å². The molecule has 1 aromatic heterocycles. The maximum Gasteiger partial charge on any atom is 0.266 e. The first-order chi connectivity index (χ1) is 13.6. The normalized spacial score (nSPS) is 19.5. The molecule has 2 heterocycles. The van der Waals surface area contributed by atoms with Crippen LogP contribution in [0.2, 0.25) is 0 Å². The molecule has 2 aromatic rings. The minimum Gasteiger partial charge on any atom is -0.354 e. The lowest BCUT2D eigenvalue weighted by atomic mass is 9.96. The van der Waals surface area contributed by atoms with Crippen molar-refractivity contribution in [2.75, 3.05) is 13.1 Å². The fraction of sp³-hybridized carbons (Fsp3) is 0.429. The van der Waals surface area contributed by atoms with Gasteiger partial charge in [-0.3, -0.25) is 14.4 Å². The average molecular weight is 380 g/mol. The van der Waals surface area contributed by atoms with Gasteiger partial charge in [-0.1, -0.05) is 30.3 Å². The highest BCUT2D eigenvalue weighted by Crippen LogP contribution is 2.31. The summed E-state index contributed by atoms with van der Waals surface area (Å²) in [6.07, 6.45) is 3.13. The third-order valence-corrected chi connectivity index (χ3v) is 5.36. The van der Waals surface area contributed by atoms with Crippen LogP contribution in [0.25, 0.3) is 11.3 Å². The first-order valence-corrected chi connectivity index (χ1v) is 9.82. The molecule has 1 unspecified atom stereocenters. The molecule has 1 saturated carbocycles. The van der Waals surface area contributed by atoms with Crippen LogP contribution in [-0.2, 0) is 16.1 Å². The fourth-order valence-corrected chi connectivity index (χ4v) is 3.63. The van der Waals surface area contributed by atoms with E-state index < -0.39 is 0 Å². The highest BCUT2D eigenvalue weighted by atomic mass is 16.2. The Morgan fingerprint density at radius 2 is 1.86 bits per heavy atom. The Bertz CT molecular complexity index is 921. The van der Waals surface area contributed by atoms with E-state index in [-0.39, 0.29) is 23.3 Å². The van der Waals surface area contributed by atoms with Gasteiger partial charge < -0.3 is 10.2 Å². The topological polar surface area (TPSA) is 84.3 Å². The number of hydrogen-bond acceptors (Lipinski definition) is 4. The van der Waals surface area contributed by atoms with E-state index in [9.17, 15) is 14.4 Å². The molecule has 0 radical (unpaired) electrons. The number of piperidine rings is 1. The predicted molar refractivity (Wildman–Crippen MR) is 104 cm³/mol. The van der Waals surface area contributed by atoms with Crippen molar-refractivity contribution in [1.82, 2.24) is 20.0 Å². The van der Waals surface area contributed by atoms with Gasteiger partial charge in [0.1, 0.15) is 0 Å². The first kappa shape index (κ1) is 18.4. The maximum atomic E-state index is 12.5. The van der Waals surface area contributed by atoms with Crippen molar-refractivity contribution in [3.63, 3.8) is 0 Å². The van der Waals surface area contributed by atoms with Crippen LogP contribution in [-0.4, -0.2) is 45.6 Å². The van der Waals surface area contributed by atoms with E-state index in [4.69, 9.17) is 0 Å². The summed E-state index contributed by atoms with van der Waals surface area (Å²) in [5.74, 6) is -0.0518. The smallest absolute Gasteiger partial charge is 0.266 e. The van der Waals surface area contributed by atoms with E-state index in [0.29, 0.717) is 38.5 Å². The Labute approximate surface area is 163 Å². The molecule has 4 rings (SSSR count). The number of carbonyl (C=O) groups excluding carboxylic acids is 2. The Balaban J connectivity index is 1.34. The van der Waals surface area contributed by atoms with Gasteiger partial charge >= 0.3 is 0 Å². The van der Waals surface area contributed by atoms with E-state index >= 15 is 0 Å². The van der Waals surface area contributed by atoms with E-state index in [2.05, 4.69) is 10.4 Å². The monoisotopic (exact) mass is 380 g/mol. The molecule has 7 nitrogen and oxygen atoms in total. The van der Waals surface area contributed by atoms with E-state index in [1.165, 1.54) is 10.7 Å². The van der Waals surface area contributed by atoms with Crippen LogP contribution in [0, 0.1) is 5.92 Å². The summed E-state index contributed by atoms with van der Waals surface area (Å²) in [5.41, 5.74) is 1.46. The molecule has 0 bridgehead atoms. The Morgan fingerprint density at radius 1 is 1.07 bits per heavy atom. The highest BCUT2D eigenvalue weighted by molar-refractivity contribution is 5.84. The van der Waals surface area contributed by atoms with Gasteiger partial charge in [-0.15, -0.1) is 0 Å². The molecule has 1 aliphatic carbocycles. The first-order valence-electron chi connectivity index (χ1n) is 9.82. The van der Waals surface area contributed by atoms with Crippen molar-refractivity contribution in [2.45, 2.75) is 38.3 Å². The number of amides is 2. The van der Waals surface area contributed by atoms with Crippen LogP contribution in [0.15, 0.2) is 47.3 Å². The number of nitrogens with one attached hydrogen (secondary N) is 1. The lowest BCUT2D eigenvalue weighted by molar-refractivity contribution is -0.138. The lowest BCUT2D eigenvalue weighted by Crippen LogP contribution is -2.47. The molecule has 2 fully saturated rings. The summed E-state index contributed by atoms with van der Waals surface area (Å²) in [6, 6.07) is 13.2. The van der Waals surface area contributed by atoms with Crippen molar-refractivity contribution in [1.29, 1.82) is 0 Å². The minimum absolute atomic E-state index is 0.0505. The van der Waals surface area contributed by atoms with Crippen molar-refractivity contribution in [3.05, 3.63) is 52.8 Å². The zero-order valence-electron chi connectivity index (χ0n) is 15.7. The van der Waals surface area contributed by atoms with Gasteiger partial charge in [0.05, 0.1) is 18.2 Å². The van der Waals surface area contributed by atoms with Gasteiger partial charge in [0.25, 0.3) is 5.56 Å². The number of aromatic nitrogens is 2. The number of nitrogens with zero attached hydrogens (tertiary/aromatic N) is 3. The summed E-state index contributed by atoms with van der Waals surface area (Å²) in [6.45, 7) is 1.15. The maximum absolute atomic E-state index is 12.5. The number of likely N-dealkylation sites (tertiary alicyclic amines) is 1. The van der Waals surface area contributed by atoms with E-state index in [0.717, 1.165) is 24.1 Å². The molecule has 1 aliphatic heterocycles. The fourth-order valence-electron chi connectivity index (χ4n) is 3.63. The minimum atomic E-state index is -0.197. The predicted octanol–water partition coefficient (Wildman–Crippen LogP) is 1.43. The van der Waals surface area contributed by atoms with Crippen LogP contribution >= 0.6 is 0 Å². The van der Waals surface area contributed by atoms with E-state index in [1.807, 2.05) is 35.2 Å². The number of rotatable bonds is 6. The van der Waals surface area contributed by atoms with Gasteiger partial charge in [-0.2, -0.15) is 5.10 Å². The van der Waals surface area contributed by atoms with Gasteiger partial charge in [-0.25, -0.2) is 4.68 Å². The molecule has 2 amide bonds. The summed E-state index contributed by atoms with van der Waals surface area (Å²) in [7, 11) is 0. The summed E-state index contributed by atoms with van der Waals surface area (Å²) in [4.78, 5) is 38.4. The number of benzene rings is 1. The molecule has 1 N–H and O–H groups in total. The second-order valence-corrected chi connectivity index (χ2v) is 7.45. The largest absolute Gasteiger partial charge is 0.354 e. The highest BCUT2D eigenvalue weighted by Gasteiger charge is 2.38. The SMILES string of the molecule is O=C(NCCn1nc(-c2ccccc2)ccc1=O)C1CCC(=O)N(C2CC2)C1. The van der Waals surface area contributed by atoms with Crippen molar-refractivity contribution in [2.24, 2.45) is 5.92 Å². The lowest BCUT2D eigenvalue weighted by Gasteiger charge is -2.32. The molecule has 28 heavy (non-hydrogen) atoms. The standard InChI is InChI=1S/C21H24N4O3/c26-19-10-6-16(14-24(19)17-7-8-17)21(28)22-12-13-25-20(27)11-9-18(23-25)15-4-2-1-3-5-15/h1-5,9,11,16-17H,6-8,10,12-14H2,(H,22,28). The molecule has 1 atom stereocenters. The van der Waals surface area contributed by atoms with Gasteiger partial charge in [-0.05, 0) is 25.3 Å². The van der Waals surface area contributed by atoms with Crippen LogP contribution in [0.3, 0.4) is 0 Å². The molecular weight excluding hydrogens is 356 g/mol. The van der Waals surface area contributed by atoms with Crippen LogP contribution in [0.4, 0.5) is 0 Å². The molecule has 146 valence electrons. The van der Waals surface area contributed by atoms with E-state index in [1.54, 1.807) is 6.07 Å².